The first kappa shape index (κ1) is 8.06. The maximum Gasteiger partial charge on any atom is 0.0867 e. The molecule has 0 bridgehead atoms. The first-order valence-electron chi connectivity index (χ1n) is 4.38. The molecule has 1 heteroatoms. The standard InChI is InChI=1S/C9H17O/c1-2-10-8-9-6-4-3-5-7-9/h8-9H,2-7H2,1H3. The molecule has 0 aromatic rings. The van der Waals surface area contributed by atoms with E-state index in [1.54, 1.807) is 0 Å². The van der Waals surface area contributed by atoms with Crippen molar-refractivity contribution < 1.29 is 4.74 Å². The van der Waals surface area contributed by atoms with E-state index >= 15 is 0 Å². The zero-order valence-electron chi connectivity index (χ0n) is 6.81. The smallest absolute Gasteiger partial charge is 0.0867 e. The van der Waals surface area contributed by atoms with Crippen molar-refractivity contribution in [3.05, 3.63) is 6.61 Å². The molecule has 0 aromatic heterocycles. The second-order valence-corrected chi connectivity index (χ2v) is 2.99. The summed E-state index contributed by atoms with van der Waals surface area (Å²) < 4.78 is 5.25. The van der Waals surface area contributed by atoms with E-state index in [2.05, 4.69) is 0 Å². The maximum atomic E-state index is 5.25. The predicted octanol–water partition coefficient (Wildman–Crippen LogP) is 2.76. The SMILES string of the molecule is CCO[CH]C1CCCCC1. The van der Waals surface area contributed by atoms with Gasteiger partial charge < -0.3 is 4.74 Å². The Hall–Kier alpha value is -0.0400. The molecule has 0 unspecified atom stereocenters. The van der Waals surface area contributed by atoms with Crippen LogP contribution in [0.5, 0.6) is 0 Å². The van der Waals surface area contributed by atoms with Gasteiger partial charge in [-0.3, -0.25) is 0 Å². The lowest BCUT2D eigenvalue weighted by molar-refractivity contribution is 0.160. The van der Waals surface area contributed by atoms with Gasteiger partial charge in [-0.2, -0.15) is 0 Å². The number of hydrogen-bond acceptors (Lipinski definition) is 1. The van der Waals surface area contributed by atoms with Crippen LogP contribution in [0.4, 0.5) is 0 Å². The second-order valence-electron chi connectivity index (χ2n) is 2.99. The minimum atomic E-state index is 0.758. The van der Waals surface area contributed by atoms with Crippen LogP contribution in [0.25, 0.3) is 0 Å². The van der Waals surface area contributed by atoms with E-state index in [1.807, 2.05) is 13.5 Å². The Kier molecular flexibility index (Phi) is 3.81. The van der Waals surface area contributed by atoms with Crippen LogP contribution in [0.3, 0.4) is 0 Å². The number of rotatable bonds is 3. The van der Waals surface area contributed by atoms with Gasteiger partial charge in [0.05, 0.1) is 6.61 Å². The Labute approximate surface area is 63.8 Å². The first-order chi connectivity index (χ1) is 4.93. The van der Waals surface area contributed by atoms with Crippen LogP contribution in [-0.4, -0.2) is 6.61 Å². The van der Waals surface area contributed by atoms with Crippen molar-refractivity contribution in [3.8, 4) is 0 Å². The monoisotopic (exact) mass is 141 g/mol. The fourth-order valence-corrected chi connectivity index (χ4v) is 1.50. The second kappa shape index (κ2) is 4.73. The maximum absolute atomic E-state index is 5.25. The molecule has 59 valence electrons. The highest BCUT2D eigenvalue weighted by atomic mass is 16.5. The third-order valence-electron chi connectivity index (χ3n) is 2.11. The van der Waals surface area contributed by atoms with Crippen molar-refractivity contribution >= 4 is 0 Å². The lowest BCUT2D eigenvalue weighted by Crippen LogP contribution is -2.08. The van der Waals surface area contributed by atoms with Gasteiger partial charge in [0.25, 0.3) is 0 Å². The molecule has 1 saturated carbocycles. The zero-order valence-corrected chi connectivity index (χ0v) is 6.81. The van der Waals surface area contributed by atoms with Gasteiger partial charge in [0.2, 0.25) is 0 Å². The Morgan fingerprint density at radius 2 is 2.00 bits per heavy atom. The fraction of sp³-hybridized carbons (Fsp3) is 0.889. The van der Waals surface area contributed by atoms with Crippen molar-refractivity contribution in [2.45, 2.75) is 39.0 Å². The van der Waals surface area contributed by atoms with E-state index in [9.17, 15) is 0 Å². The average molecular weight is 141 g/mol. The molecular weight excluding hydrogens is 124 g/mol. The molecule has 0 aromatic carbocycles. The summed E-state index contributed by atoms with van der Waals surface area (Å²) in [6.07, 6.45) is 6.92. The minimum Gasteiger partial charge on any atom is -0.376 e. The molecule has 1 radical (unpaired) electrons. The van der Waals surface area contributed by atoms with Gasteiger partial charge in [0.1, 0.15) is 0 Å². The lowest BCUT2D eigenvalue weighted by Gasteiger charge is -2.20. The van der Waals surface area contributed by atoms with E-state index in [1.165, 1.54) is 32.1 Å². The average Bonchev–Trinajstić information content (AvgIpc) is 2.03. The van der Waals surface area contributed by atoms with Crippen LogP contribution in [0.2, 0.25) is 0 Å². The molecule has 1 rings (SSSR count). The van der Waals surface area contributed by atoms with E-state index in [4.69, 9.17) is 4.74 Å². The van der Waals surface area contributed by atoms with Gasteiger partial charge in [-0.15, -0.1) is 0 Å². The Morgan fingerprint density at radius 1 is 1.30 bits per heavy atom. The summed E-state index contributed by atoms with van der Waals surface area (Å²) in [6, 6.07) is 0. The van der Waals surface area contributed by atoms with Gasteiger partial charge in [-0.25, -0.2) is 0 Å². The molecular formula is C9H17O. The molecule has 1 nitrogen and oxygen atoms in total. The zero-order chi connectivity index (χ0) is 7.23. The molecule has 1 aliphatic carbocycles. The topological polar surface area (TPSA) is 9.23 Å². The summed E-state index contributed by atoms with van der Waals surface area (Å²) >= 11 is 0. The summed E-state index contributed by atoms with van der Waals surface area (Å²) in [5.41, 5.74) is 0. The Balaban J connectivity index is 2.02. The molecule has 0 atom stereocenters. The summed E-state index contributed by atoms with van der Waals surface area (Å²) in [6.45, 7) is 4.91. The highest BCUT2D eigenvalue weighted by Gasteiger charge is 2.12. The van der Waals surface area contributed by atoms with Crippen molar-refractivity contribution in [2.24, 2.45) is 5.92 Å². The number of hydrogen-bond donors (Lipinski definition) is 0. The van der Waals surface area contributed by atoms with Crippen LogP contribution in [0.1, 0.15) is 39.0 Å². The minimum absolute atomic E-state index is 0.758. The molecule has 1 aliphatic rings. The van der Waals surface area contributed by atoms with Crippen LogP contribution >= 0.6 is 0 Å². The Morgan fingerprint density at radius 3 is 2.60 bits per heavy atom. The summed E-state index contributed by atoms with van der Waals surface area (Å²) in [5, 5.41) is 0. The highest BCUT2D eigenvalue weighted by molar-refractivity contribution is 4.71. The third-order valence-corrected chi connectivity index (χ3v) is 2.11. The predicted molar refractivity (Wildman–Crippen MR) is 42.5 cm³/mol. The Bertz CT molecular complexity index is 74.8. The molecule has 10 heavy (non-hydrogen) atoms. The normalized spacial score (nSPS) is 21.3. The van der Waals surface area contributed by atoms with E-state index in [0.717, 1.165) is 12.5 Å². The lowest BCUT2D eigenvalue weighted by atomic mass is 9.90. The first-order valence-corrected chi connectivity index (χ1v) is 4.38. The molecule has 1 fully saturated rings. The highest BCUT2D eigenvalue weighted by Crippen LogP contribution is 2.25. The van der Waals surface area contributed by atoms with Gasteiger partial charge in [-0.1, -0.05) is 19.3 Å². The van der Waals surface area contributed by atoms with Crippen LogP contribution < -0.4 is 0 Å². The van der Waals surface area contributed by atoms with Gasteiger partial charge >= 0.3 is 0 Å². The quantitative estimate of drug-likeness (QED) is 0.587. The molecule has 0 amide bonds. The van der Waals surface area contributed by atoms with Crippen molar-refractivity contribution in [2.75, 3.05) is 6.61 Å². The molecule has 0 heterocycles. The van der Waals surface area contributed by atoms with Crippen molar-refractivity contribution in [1.29, 1.82) is 0 Å². The van der Waals surface area contributed by atoms with E-state index < -0.39 is 0 Å². The molecule has 0 aliphatic heterocycles. The summed E-state index contributed by atoms with van der Waals surface area (Å²) in [5.74, 6) is 0.758. The van der Waals surface area contributed by atoms with Crippen LogP contribution in [0.15, 0.2) is 0 Å². The van der Waals surface area contributed by atoms with Crippen molar-refractivity contribution in [3.63, 3.8) is 0 Å². The van der Waals surface area contributed by atoms with E-state index in [0.29, 0.717) is 0 Å². The summed E-state index contributed by atoms with van der Waals surface area (Å²) in [7, 11) is 0. The molecule has 0 spiro atoms. The van der Waals surface area contributed by atoms with Gasteiger partial charge in [-0.05, 0) is 25.7 Å². The van der Waals surface area contributed by atoms with Gasteiger partial charge in [0, 0.05) is 6.61 Å². The van der Waals surface area contributed by atoms with Crippen LogP contribution in [-0.2, 0) is 4.74 Å². The fourth-order valence-electron chi connectivity index (χ4n) is 1.50. The third kappa shape index (κ3) is 2.70. The van der Waals surface area contributed by atoms with E-state index in [-0.39, 0.29) is 0 Å². The largest absolute Gasteiger partial charge is 0.376 e. The summed E-state index contributed by atoms with van der Waals surface area (Å²) in [4.78, 5) is 0. The molecule has 0 N–H and O–H groups in total. The van der Waals surface area contributed by atoms with Gasteiger partial charge in [0.15, 0.2) is 0 Å². The molecule has 0 saturated heterocycles. The van der Waals surface area contributed by atoms with Crippen molar-refractivity contribution in [1.82, 2.24) is 0 Å². The van der Waals surface area contributed by atoms with Crippen LogP contribution in [0, 0.1) is 12.5 Å². The number of ether oxygens (including phenoxy) is 1.